The first kappa shape index (κ1) is 26.4. The molecule has 0 radical (unpaired) electrons. The molecular formula is C26H40N2O6. The number of hydrogen-bond donors (Lipinski definition) is 1. The van der Waals surface area contributed by atoms with Crippen molar-refractivity contribution in [1.82, 2.24) is 9.80 Å². The molecule has 8 nitrogen and oxygen atoms in total. The molecule has 3 rings (SSSR count). The Morgan fingerprint density at radius 2 is 2.00 bits per heavy atom. The number of carbonyl (C=O) groups excluding carboxylic acids is 3. The second-order valence-electron chi connectivity index (χ2n) is 10.1. The molecule has 190 valence electrons. The molecule has 34 heavy (non-hydrogen) atoms. The zero-order chi connectivity index (χ0) is 25.3. The molecule has 2 bridgehead atoms. The molecule has 6 atom stereocenters. The molecule has 3 aliphatic rings. The van der Waals surface area contributed by atoms with Crippen molar-refractivity contribution in [3.63, 3.8) is 0 Å². The van der Waals surface area contributed by atoms with Gasteiger partial charge in [-0.2, -0.15) is 0 Å². The minimum Gasteiger partial charge on any atom is -0.465 e. The Labute approximate surface area is 202 Å². The normalized spacial score (nSPS) is 32.6. The fourth-order valence-electron chi connectivity index (χ4n) is 6.20. The molecule has 0 aliphatic carbocycles. The van der Waals surface area contributed by atoms with Crippen LogP contribution in [0.5, 0.6) is 0 Å². The topological polar surface area (TPSA) is 96.4 Å². The van der Waals surface area contributed by atoms with Crippen molar-refractivity contribution in [2.24, 2.45) is 11.8 Å². The zero-order valence-corrected chi connectivity index (χ0v) is 21.0. The second-order valence-corrected chi connectivity index (χ2v) is 10.1. The van der Waals surface area contributed by atoms with Gasteiger partial charge in [-0.1, -0.05) is 19.1 Å². The molecule has 3 heterocycles. The Bertz CT molecular complexity index is 828. The van der Waals surface area contributed by atoms with Gasteiger partial charge in [0.2, 0.25) is 11.8 Å². The summed E-state index contributed by atoms with van der Waals surface area (Å²) in [5.41, 5.74) is -1.95. The highest BCUT2D eigenvalue weighted by Crippen LogP contribution is 2.64. The van der Waals surface area contributed by atoms with E-state index in [1.54, 1.807) is 24.0 Å². The van der Waals surface area contributed by atoms with E-state index in [1.807, 2.05) is 20.8 Å². The minimum atomic E-state index is -1.12. The van der Waals surface area contributed by atoms with E-state index < -0.39 is 41.1 Å². The first-order valence-corrected chi connectivity index (χ1v) is 12.5. The number of rotatable bonds is 12. The van der Waals surface area contributed by atoms with Crippen LogP contribution in [0.4, 0.5) is 0 Å². The van der Waals surface area contributed by atoms with E-state index in [2.05, 4.69) is 13.2 Å². The van der Waals surface area contributed by atoms with Crippen molar-refractivity contribution < 1.29 is 29.0 Å². The van der Waals surface area contributed by atoms with Gasteiger partial charge in [-0.05, 0) is 52.9 Å². The number of carbonyl (C=O) groups is 3. The number of ether oxygens (including phenoxy) is 2. The predicted octanol–water partition coefficient (Wildman–Crippen LogP) is 2.45. The number of allylic oxidation sites excluding steroid dienone is 1. The molecule has 0 saturated carbocycles. The lowest BCUT2D eigenvalue weighted by Gasteiger charge is -2.39. The largest absolute Gasteiger partial charge is 0.465 e. The van der Waals surface area contributed by atoms with E-state index in [4.69, 9.17) is 9.47 Å². The number of esters is 1. The molecule has 2 amide bonds. The summed E-state index contributed by atoms with van der Waals surface area (Å²) in [4.78, 5) is 44.4. The van der Waals surface area contributed by atoms with Gasteiger partial charge in [0.15, 0.2) is 0 Å². The second kappa shape index (κ2) is 10.2. The Morgan fingerprint density at radius 3 is 2.56 bits per heavy atom. The third-order valence-electron chi connectivity index (χ3n) is 7.87. The van der Waals surface area contributed by atoms with E-state index in [0.29, 0.717) is 32.2 Å². The molecule has 0 aromatic carbocycles. The Morgan fingerprint density at radius 1 is 1.29 bits per heavy atom. The number of unbranched alkanes of at least 4 members (excludes halogenated alkanes) is 1. The van der Waals surface area contributed by atoms with Gasteiger partial charge in [0.05, 0.1) is 30.8 Å². The van der Waals surface area contributed by atoms with Crippen LogP contribution < -0.4 is 0 Å². The van der Waals surface area contributed by atoms with Gasteiger partial charge >= 0.3 is 5.97 Å². The van der Waals surface area contributed by atoms with Gasteiger partial charge in [0.1, 0.15) is 17.6 Å². The van der Waals surface area contributed by atoms with Gasteiger partial charge in [-0.15, -0.1) is 13.2 Å². The smallest absolute Gasteiger partial charge is 0.312 e. The van der Waals surface area contributed by atoms with Crippen LogP contribution in [-0.4, -0.2) is 81.8 Å². The van der Waals surface area contributed by atoms with Crippen molar-refractivity contribution in [2.75, 3.05) is 19.8 Å². The molecule has 3 aliphatic heterocycles. The van der Waals surface area contributed by atoms with Gasteiger partial charge in [0.25, 0.3) is 0 Å². The van der Waals surface area contributed by atoms with Crippen LogP contribution in [0, 0.1) is 11.8 Å². The lowest BCUT2D eigenvalue weighted by molar-refractivity contribution is -0.163. The van der Waals surface area contributed by atoms with Crippen LogP contribution in [0.15, 0.2) is 25.3 Å². The highest BCUT2D eigenvalue weighted by atomic mass is 16.6. The molecule has 3 fully saturated rings. The van der Waals surface area contributed by atoms with Crippen molar-refractivity contribution >= 4 is 17.8 Å². The monoisotopic (exact) mass is 476 g/mol. The summed E-state index contributed by atoms with van der Waals surface area (Å²) in [7, 11) is 0. The van der Waals surface area contributed by atoms with E-state index >= 15 is 0 Å². The number of hydrogen-bond acceptors (Lipinski definition) is 6. The van der Waals surface area contributed by atoms with Gasteiger partial charge < -0.3 is 24.4 Å². The molecule has 1 spiro atoms. The highest BCUT2D eigenvalue weighted by molar-refractivity contribution is 5.98. The number of nitrogens with zero attached hydrogens (tertiary/aromatic N) is 2. The number of amides is 2. The molecule has 0 aromatic heterocycles. The number of fused-ring (bicyclic) bond motifs is 1. The Hall–Kier alpha value is -2.19. The molecule has 8 heteroatoms. The average Bonchev–Trinajstić information content (AvgIpc) is 3.42. The maximum atomic E-state index is 14.0. The van der Waals surface area contributed by atoms with Crippen molar-refractivity contribution in [3.8, 4) is 0 Å². The lowest BCUT2D eigenvalue weighted by Crippen LogP contribution is -2.59. The predicted molar refractivity (Wildman–Crippen MR) is 128 cm³/mol. The molecule has 3 saturated heterocycles. The minimum absolute atomic E-state index is 0.119. The first-order valence-electron chi connectivity index (χ1n) is 12.5. The van der Waals surface area contributed by atoms with E-state index in [1.165, 1.54) is 4.90 Å². The summed E-state index contributed by atoms with van der Waals surface area (Å²) in [6.07, 6.45) is 6.44. The first-order chi connectivity index (χ1) is 16.2. The molecule has 2 unspecified atom stereocenters. The van der Waals surface area contributed by atoms with E-state index in [0.717, 1.165) is 6.42 Å². The summed E-state index contributed by atoms with van der Waals surface area (Å²) in [5, 5.41) is 9.96. The molecule has 1 N–H and O–H groups in total. The number of aliphatic hydroxyl groups is 1. The van der Waals surface area contributed by atoms with Crippen molar-refractivity contribution in [2.45, 2.75) is 89.1 Å². The van der Waals surface area contributed by atoms with Gasteiger partial charge in [-0.3, -0.25) is 14.4 Å². The van der Waals surface area contributed by atoms with Crippen molar-refractivity contribution in [1.29, 1.82) is 0 Å². The maximum Gasteiger partial charge on any atom is 0.312 e. The summed E-state index contributed by atoms with van der Waals surface area (Å²) >= 11 is 0. The SMILES string of the molecule is C=CCCCOC(=O)[C@H]1[C@H]2C(=O)N([C@H](C)CO)C(C(=O)N(CC=C)C(C)C)C23CC[C@]1(CC)O3. The zero-order valence-electron chi connectivity index (χ0n) is 21.0. The summed E-state index contributed by atoms with van der Waals surface area (Å²) < 4.78 is 12.3. The highest BCUT2D eigenvalue weighted by Gasteiger charge is 2.79. The number of aliphatic hydroxyl groups excluding tert-OH is 1. The lowest BCUT2D eigenvalue weighted by atomic mass is 9.65. The fourth-order valence-corrected chi connectivity index (χ4v) is 6.20. The van der Waals surface area contributed by atoms with Crippen LogP contribution in [0.25, 0.3) is 0 Å². The molecule has 0 aromatic rings. The van der Waals surface area contributed by atoms with E-state index in [-0.39, 0.29) is 31.1 Å². The van der Waals surface area contributed by atoms with Gasteiger partial charge in [-0.25, -0.2) is 0 Å². The van der Waals surface area contributed by atoms with Crippen LogP contribution in [0.1, 0.15) is 59.8 Å². The fraction of sp³-hybridized carbons (Fsp3) is 0.731. The number of likely N-dealkylation sites (tertiary alicyclic amines) is 1. The third-order valence-corrected chi connectivity index (χ3v) is 7.87. The quantitative estimate of drug-likeness (QED) is 0.264. The van der Waals surface area contributed by atoms with Crippen molar-refractivity contribution in [3.05, 3.63) is 25.3 Å². The Balaban J connectivity index is 2.05. The van der Waals surface area contributed by atoms with Crippen LogP contribution in [-0.2, 0) is 23.9 Å². The van der Waals surface area contributed by atoms with Gasteiger partial charge in [0, 0.05) is 12.6 Å². The summed E-state index contributed by atoms with van der Waals surface area (Å²) in [6.45, 7) is 15.2. The van der Waals surface area contributed by atoms with Crippen LogP contribution in [0.2, 0.25) is 0 Å². The standard InChI is InChI=1S/C26H40N2O6/c1-7-10-11-15-33-24(32)20-19-22(30)28(18(6)16-29)21(23(31)27(14-8-2)17(4)5)26(19)13-12-25(20,9-3)34-26/h7-8,17-21,29H,1-2,9-16H2,3-6H3/t18-,19+,20-,21?,25+,26?/m1/s1. The molecular weight excluding hydrogens is 436 g/mol. The maximum absolute atomic E-state index is 14.0. The van der Waals surface area contributed by atoms with E-state index in [9.17, 15) is 19.5 Å². The van der Waals surface area contributed by atoms with Crippen LogP contribution in [0.3, 0.4) is 0 Å². The Kier molecular flexibility index (Phi) is 7.92. The summed E-state index contributed by atoms with van der Waals surface area (Å²) in [5.74, 6) is -2.58. The summed E-state index contributed by atoms with van der Waals surface area (Å²) in [6, 6.07) is -1.63. The average molecular weight is 477 g/mol. The van der Waals surface area contributed by atoms with Crippen LogP contribution >= 0.6 is 0 Å². The third kappa shape index (κ3) is 3.98.